The van der Waals surface area contributed by atoms with Crippen LogP contribution in [0.1, 0.15) is 27.8 Å². The highest BCUT2D eigenvalue weighted by Crippen LogP contribution is 2.62. The van der Waals surface area contributed by atoms with Crippen LogP contribution in [0.15, 0.2) is 194 Å². The van der Waals surface area contributed by atoms with E-state index in [0.29, 0.717) is 23.0 Å². The molecule has 0 amide bonds. The summed E-state index contributed by atoms with van der Waals surface area (Å²) in [6.07, 6.45) is 0. The monoisotopic (exact) mass is 740 g/mol. The standard InChI is InChI=1S/C53H32N4O/c54-33-34-22-28-44-42(30-34)43-32-40(27-29-45(43)53(44)46-18-7-9-20-48(46)58-49-21-10-8-19-47(49)53)39-16-11-17-41(31-39)52-56-50(37-14-5-2-6-15-37)55-51(57-52)38-25-23-36(24-26-38)35-12-3-1-4-13-35/h1-32H. The molecular weight excluding hydrogens is 709 g/mol. The molecule has 5 nitrogen and oxygen atoms in total. The van der Waals surface area contributed by atoms with E-state index in [-0.39, 0.29) is 0 Å². The minimum absolute atomic E-state index is 0.595. The summed E-state index contributed by atoms with van der Waals surface area (Å²) < 4.78 is 6.52. The zero-order valence-electron chi connectivity index (χ0n) is 31.2. The first-order valence-corrected chi connectivity index (χ1v) is 19.3. The van der Waals surface area contributed by atoms with Crippen LogP contribution >= 0.6 is 0 Å². The molecule has 5 heteroatoms. The van der Waals surface area contributed by atoms with Gasteiger partial charge in [0.15, 0.2) is 17.5 Å². The fourth-order valence-corrected chi connectivity index (χ4v) is 8.79. The zero-order chi connectivity index (χ0) is 38.6. The van der Waals surface area contributed by atoms with E-state index in [1.165, 1.54) is 0 Å². The Balaban J connectivity index is 1.05. The third kappa shape index (κ3) is 5.27. The SMILES string of the molecule is N#Cc1ccc2c(c1)-c1cc(-c3cccc(-c4nc(-c5ccccc5)nc(-c5ccc(-c6ccccc6)cc5)n4)c3)ccc1C21c2ccccc2Oc2ccccc21. The van der Waals surface area contributed by atoms with Gasteiger partial charge in [0.05, 0.1) is 17.0 Å². The van der Waals surface area contributed by atoms with Crippen LogP contribution < -0.4 is 4.74 Å². The number of hydrogen-bond donors (Lipinski definition) is 0. The van der Waals surface area contributed by atoms with Gasteiger partial charge in [0.25, 0.3) is 0 Å². The average molecular weight is 741 g/mol. The molecule has 0 N–H and O–H groups in total. The van der Waals surface area contributed by atoms with E-state index in [9.17, 15) is 5.26 Å². The quantitative estimate of drug-likeness (QED) is 0.176. The number of para-hydroxylation sites is 2. The predicted octanol–water partition coefficient (Wildman–Crippen LogP) is 12.5. The highest BCUT2D eigenvalue weighted by atomic mass is 16.5. The number of hydrogen-bond acceptors (Lipinski definition) is 5. The fraction of sp³-hybridized carbons (Fsp3) is 0.0189. The molecule has 0 saturated carbocycles. The molecule has 0 fully saturated rings. The van der Waals surface area contributed by atoms with Gasteiger partial charge in [-0.25, -0.2) is 15.0 Å². The minimum atomic E-state index is -0.612. The van der Waals surface area contributed by atoms with Gasteiger partial charge in [-0.05, 0) is 80.9 Å². The van der Waals surface area contributed by atoms with Gasteiger partial charge in [0.2, 0.25) is 0 Å². The van der Waals surface area contributed by atoms with Crippen molar-refractivity contribution in [2.45, 2.75) is 5.41 Å². The van der Waals surface area contributed by atoms with E-state index < -0.39 is 5.41 Å². The summed E-state index contributed by atoms with van der Waals surface area (Å²) in [4.78, 5) is 15.1. The van der Waals surface area contributed by atoms with Crippen LogP contribution in [0.25, 0.3) is 67.5 Å². The van der Waals surface area contributed by atoms with Gasteiger partial charge in [-0.15, -0.1) is 0 Å². The van der Waals surface area contributed by atoms with Crippen molar-refractivity contribution in [3.63, 3.8) is 0 Å². The lowest BCUT2D eigenvalue weighted by Crippen LogP contribution is -2.32. The van der Waals surface area contributed by atoms with E-state index in [1.807, 2.05) is 72.8 Å². The molecular formula is C53H32N4O. The van der Waals surface area contributed by atoms with Gasteiger partial charge in [0.1, 0.15) is 11.5 Å². The van der Waals surface area contributed by atoms with Crippen LogP contribution in [0.5, 0.6) is 11.5 Å². The first kappa shape index (κ1) is 33.4. The molecule has 2 aliphatic rings. The second-order valence-electron chi connectivity index (χ2n) is 14.7. The highest BCUT2D eigenvalue weighted by molar-refractivity contribution is 5.91. The van der Waals surface area contributed by atoms with Gasteiger partial charge in [-0.1, -0.05) is 158 Å². The largest absolute Gasteiger partial charge is 0.457 e. The molecule has 1 aliphatic carbocycles. The third-order valence-corrected chi connectivity index (χ3v) is 11.4. The van der Waals surface area contributed by atoms with Crippen molar-refractivity contribution < 1.29 is 4.74 Å². The Labute approximate surface area is 336 Å². The Kier molecular flexibility index (Phi) is 7.70. The number of ether oxygens (including phenoxy) is 1. The number of aromatic nitrogens is 3. The van der Waals surface area contributed by atoms with E-state index in [1.54, 1.807) is 0 Å². The maximum absolute atomic E-state index is 10.1. The Morgan fingerprint density at radius 1 is 0.362 bits per heavy atom. The van der Waals surface area contributed by atoms with Crippen molar-refractivity contribution in [2.75, 3.05) is 0 Å². The number of rotatable bonds is 5. The van der Waals surface area contributed by atoms with Gasteiger partial charge in [-0.3, -0.25) is 0 Å². The van der Waals surface area contributed by atoms with Gasteiger partial charge in [-0.2, -0.15) is 5.26 Å². The molecule has 0 atom stereocenters. The van der Waals surface area contributed by atoms with Crippen LogP contribution in [0.3, 0.4) is 0 Å². The van der Waals surface area contributed by atoms with E-state index >= 15 is 0 Å². The third-order valence-electron chi connectivity index (χ3n) is 11.4. The topological polar surface area (TPSA) is 71.7 Å². The first-order valence-electron chi connectivity index (χ1n) is 19.3. The van der Waals surface area contributed by atoms with Crippen LogP contribution in [0.4, 0.5) is 0 Å². The maximum Gasteiger partial charge on any atom is 0.164 e. The van der Waals surface area contributed by atoms with Gasteiger partial charge in [0, 0.05) is 27.8 Å². The van der Waals surface area contributed by atoms with Crippen LogP contribution in [-0.4, -0.2) is 15.0 Å². The Morgan fingerprint density at radius 3 is 1.47 bits per heavy atom. The highest BCUT2D eigenvalue weighted by Gasteiger charge is 2.51. The molecule has 0 unspecified atom stereocenters. The normalized spacial score (nSPS) is 12.7. The van der Waals surface area contributed by atoms with Crippen molar-refractivity contribution >= 4 is 0 Å². The molecule has 1 aromatic heterocycles. The van der Waals surface area contributed by atoms with Crippen LogP contribution in [0, 0.1) is 11.3 Å². The Bertz CT molecular complexity index is 3050. The Hall–Kier alpha value is -7.94. The first-order chi connectivity index (χ1) is 28.7. The van der Waals surface area contributed by atoms with Gasteiger partial charge >= 0.3 is 0 Å². The summed E-state index contributed by atoms with van der Waals surface area (Å²) in [5.74, 6) is 3.48. The molecule has 8 aromatic carbocycles. The van der Waals surface area contributed by atoms with Crippen molar-refractivity contribution in [2.24, 2.45) is 0 Å². The summed E-state index contributed by atoms with van der Waals surface area (Å²) in [7, 11) is 0. The molecule has 270 valence electrons. The van der Waals surface area contributed by atoms with E-state index in [4.69, 9.17) is 19.7 Å². The zero-order valence-corrected chi connectivity index (χ0v) is 31.2. The van der Waals surface area contributed by atoms with Crippen LogP contribution in [0.2, 0.25) is 0 Å². The van der Waals surface area contributed by atoms with Crippen molar-refractivity contribution in [3.8, 4) is 85.1 Å². The van der Waals surface area contributed by atoms with Crippen molar-refractivity contribution in [3.05, 3.63) is 222 Å². The molecule has 58 heavy (non-hydrogen) atoms. The summed E-state index contributed by atoms with van der Waals surface area (Å²) in [6, 6.07) is 69.1. The molecule has 1 spiro atoms. The maximum atomic E-state index is 10.1. The van der Waals surface area contributed by atoms with Crippen molar-refractivity contribution in [1.82, 2.24) is 15.0 Å². The smallest absolute Gasteiger partial charge is 0.164 e. The molecule has 0 radical (unpaired) electrons. The summed E-state index contributed by atoms with van der Waals surface area (Å²) >= 11 is 0. The molecule has 9 aromatic rings. The summed E-state index contributed by atoms with van der Waals surface area (Å²) in [6.45, 7) is 0. The fourth-order valence-electron chi connectivity index (χ4n) is 8.79. The van der Waals surface area contributed by atoms with Crippen molar-refractivity contribution in [1.29, 1.82) is 5.26 Å². The lowest BCUT2D eigenvalue weighted by molar-refractivity contribution is 0.436. The molecule has 2 heterocycles. The minimum Gasteiger partial charge on any atom is -0.457 e. The number of nitriles is 1. The number of fused-ring (bicyclic) bond motifs is 9. The van der Waals surface area contributed by atoms with Crippen LogP contribution in [-0.2, 0) is 5.41 Å². The molecule has 11 rings (SSSR count). The lowest BCUT2D eigenvalue weighted by Gasteiger charge is -2.39. The van der Waals surface area contributed by atoms with E-state index in [2.05, 4.69) is 127 Å². The van der Waals surface area contributed by atoms with E-state index in [0.717, 1.165) is 83.8 Å². The summed E-state index contributed by atoms with van der Waals surface area (Å²) in [5, 5.41) is 10.1. The average Bonchev–Trinajstić information content (AvgIpc) is 3.58. The number of benzene rings is 8. The second kappa shape index (κ2) is 13.4. The molecule has 0 bridgehead atoms. The van der Waals surface area contributed by atoms with Gasteiger partial charge < -0.3 is 4.74 Å². The summed E-state index contributed by atoms with van der Waals surface area (Å²) in [5.41, 5.74) is 13.7. The number of nitrogens with zero attached hydrogens (tertiary/aromatic N) is 4. The molecule has 1 aliphatic heterocycles. The Morgan fingerprint density at radius 2 is 0.810 bits per heavy atom. The predicted molar refractivity (Wildman–Crippen MR) is 229 cm³/mol. The molecule has 0 saturated heterocycles. The lowest BCUT2D eigenvalue weighted by atomic mass is 9.66. The second-order valence-corrected chi connectivity index (χ2v) is 14.7.